The maximum Gasteiger partial charge on any atom is 0.255 e. The summed E-state index contributed by atoms with van der Waals surface area (Å²) in [5.41, 5.74) is 9.86. The number of imide groups is 1. The minimum atomic E-state index is -0.698. The first kappa shape index (κ1) is 50.8. The van der Waals surface area contributed by atoms with Crippen LogP contribution in [0.25, 0.3) is 11.1 Å². The van der Waals surface area contributed by atoms with Gasteiger partial charge in [-0.15, -0.1) is 0 Å². The Morgan fingerprint density at radius 2 is 1.59 bits per heavy atom. The summed E-state index contributed by atoms with van der Waals surface area (Å²) in [6.45, 7) is 9.52. The van der Waals surface area contributed by atoms with Crippen LogP contribution >= 0.6 is 23.2 Å². The van der Waals surface area contributed by atoms with Crippen LogP contribution in [0.5, 0.6) is 5.75 Å². The van der Waals surface area contributed by atoms with E-state index in [0.717, 1.165) is 108 Å². The molecule has 0 saturated carbocycles. The Morgan fingerprint density at radius 1 is 0.886 bits per heavy atom. The molecule has 2 atom stereocenters. The molecule has 0 bridgehead atoms. The molecular weight excluding hydrogens is 939 g/mol. The molecule has 3 saturated heterocycles. The predicted octanol–water partition coefficient (Wildman–Crippen LogP) is 7.80. The molecule has 4 aliphatic rings. The standard InChI is InChI=1S/C51H63Cl2FN10O6/c1-33(47-39(52)14-15-40(54)48(47)53)70-43-28-34(29-56-49(43)55)35-30-57-64(31-35)36-18-22-62(23-19-36)46(67)13-5-3-2-4-7-20-60-24-26-61(27-25-60)21-8-6-12-44(65)58-41-11-9-10-37-38(41)32-63(51(37)69)42-16-17-45(66)59-50(42)68/h9-11,14-15,28-31,33,36,42H,2-8,12-13,16-27,32H2,1H3,(H2,55,56)(H,58,65)(H,59,66,68)/t33-,42?/m1/s1. The molecule has 4 aliphatic heterocycles. The second-order valence-electron chi connectivity index (χ2n) is 18.9. The number of hydrogen-bond donors (Lipinski definition) is 3. The average molecular weight is 1000 g/mol. The number of fused-ring (bicyclic) bond motifs is 1. The largest absolute Gasteiger partial charge is 0.482 e. The van der Waals surface area contributed by atoms with Crippen LogP contribution in [-0.2, 0) is 25.7 Å². The molecule has 2 aromatic heterocycles. The Labute approximate surface area is 418 Å². The van der Waals surface area contributed by atoms with Crippen LogP contribution in [0.3, 0.4) is 0 Å². The van der Waals surface area contributed by atoms with Crippen LogP contribution in [0.1, 0.15) is 124 Å². The van der Waals surface area contributed by atoms with Crippen LogP contribution in [0.4, 0.5) is 15.9 Å². The molecule has 3 fully saturated rings. The lowest BCUT2D eigenvalue weighted by atomic mass is 10.0. The van der Waals surface area contributed by atoms with Crippen molar-refractivity contribution in [3.8, 4) is 16.9 Å². The van der Waals surface area contributed by atoms with Crippen LogP contribution in [0, 0.1) is 5.82 Å². The third kappa shape index (κ3) is 12.5. The SMILES string of the molecule is C[C@@H](Oc1cc(-c2cnn(C3CCN(C(=O)CCCCCCCN4CCN(CCCCC(=O)Nc5cccc6c5CN(C5CCC(=O)NC5=O)C6=O)CC4)CC3)c2)cnc1N)c1c(Cl)ccc(F)c1Cl. The van der Waals surface area contributed by atoms with E-state index >= 15 is 0 Å². The number of piperazine rings is 1. The molecule has 19 heteroatoms. The molecule has 70 heavy (non-hydrogen) atoms. The molecule has 16 nitrogen and oxygen atoms in total. The van der Waals surface area contributed by atoms with Gasteiger partial charge in [-0.3, -0.25) is 34.0 Å². The number of nitrogens with two attached hydrogens (primary N) is 1. The summed E-state index contributed by atoms with van der Waals surface area (Å²) < 4.78 is 22.2. The van der Waals surface area contributed by atoms with E-state index in [1.807, 2.05) is 15.8 Å². The number of carbonyl (C=O) groups excluding carboxylic acids is 5. The number of nitrogen functional groups attached to an aromatic ring is 1. The number of nitrogens with zero attached hydrogens (tertiary/aromatic N) is 7. The number of aromatic nitrogens is 3. The second kappa shape index (κ2) is 23.5. The van der Waals surface area contributed by atoms with Crippen molar-refractivity contribution in [2.75, 3.05) is 63.4 Å². The molecular formula is C51H63Cl2FN10O6. The molecule has 1 unspecified atom stereocenters. The minimum Gasteiger partial charge on any atom is -0.482 e. The van der Waals surface area contributed by atoms with Gasteiger partial charge in [-0.2, -0.15) is 5.10 Å². The number of carbonyl (C=O) groups is 5. The first-order valence-corrected chi connectivity index (χ1v) is 25.5. The van der Waals surface area contributed by atoms with Gasteiger partial charge in [0.1, 0.15) is 18.0 Å². The predicted molar refractivity (Wildman–Crippen MR) is 266 cm³/mol. The zero-order valence-corrected chi connectivity index (χ0v) is 41.3. The number of halogens is 3. The average Bonchev–Trinajstić information content (AvgIpc) is 3.98. The van der Waals surface area contributed by atoms with Crippen LogP contribution < -0.4 is 21.1 Å². The molecule has 374 valence electrons. The maximum atomic E-state index is 14.2. The Morgan fingerprint density at radius 3 is 2.33 bits per heavy atom. The third-order valence-corrected chi connectivity index (χ3v) is 14.8. The number of unbranched alkanes of at least 4 members (excludes halogenated alkanes) is 5. The van der Waals surface area contributed by atoms with Gasteiger partial charge in [0.15, 0.2) is 11.6 Å². The van der Waals surface area contributed by atoms with E-state index in [0.29, 0.717) is 60.5 Å². The first-order valence-electron chi connectivity index (χ1n) is 24.7. The van der Waals surface area contributed by atoms with E-state index in [4.69, 9.17) is 33.7 Å². The first-order chi connectivity index (χ1) is 33.8. The fraction of sp³-hybridized carbons (Fsp3) is 0.510. The van der Waals surface area contributed by atoms with E-state index in [1.54, 1.807) is 43.6 Å². The number of rotatable bonds is 20. The number of likely N-dealkylation sites (tertiary alicyclic amines) is 1. The highest BCUT2D eigenvalue weighted by Gasteiger charge is 2.40. The summed E-state index contributed by atoms with van der Waals surface area (Å²) in [5, 5.41) is 10.2. The van der Waals surface area contributed by atoms with Gasteiger partial charge in [-0.25, -0.2) is 9.37 Å². The van der Waals surface area contributed by atoms with Crippen LogP contribution in [-0.4, -0.2) is 122 Å². The maximum absolute atomic E-state index is 14.2. The smallest absolute Gasteiger partial charge is 0.255 e. The van der Waals surface area contributed by atoms with Gasteiger partial charge in [-0.05, 0) is 95.3 Å². The normalized spacial score (nSPS) is 18.5. The number of amides is 5. The van der Waals surface area contributed by atoms with Crippen molar-refractivity contribution in [2.24, 2.45) is 0 Å². The summed E-state index contributed by atoms with van der Waals surface area (Å²) in [7, 11) is 0. The lowest BCUT2D eigenvalue weighted by molar-refractivity contribution is -0.137. The van der Waals surface area contributed by atoms with Crippen molar-refractivity contribution in [3.05, 3.63) is 87.5 Å². The zero-order chi connectivity index (χ0) is 49.3. The second-order valence-corrected chi connectivity index (χ2v) is 19.7. The van der Waals surface area contributed by atoms with E-state index in [-0.39, 0.29) is 58.5 Å². The van der Waals surface area contributed by atoms with E-state index in [1.165, 1.54) is 17.0 Å². The number of hydrogen-bond acceptors (Lipinski definition) is 11. The van der Waals surface area contributed by atoms with E-state index in [9.17, 15) is 28.4 Å². The molecule has 2 aromatic carbocycles. The highest BCUT2D eigenvalue weighted by molar-refractivity contribution is 6.36. The molecule has 4 aromatic rings. The van der Waals surface area contributed by atoms with Gasteiger partial charge < -0.3 is 35.4 Å². The molecule has 6 heterocycles. The van der Waals surface area contributed by atoms with Crippen molar-refractivity contribution < 1.29 is 33.1 Å². The van der Waals surface area contributed by atoms with Gasteiger partial charge in [0.05, 0.1) is 17.3 Å². The molecule has 0 spiro atoms. The van der Waals surface area contributed by atoms with Gasteiger partial charge >= 0.3 is 0 Å². The number of benzene rings is 2. The van der Waals surface area contributed by atoms with Crippen molar-refractivity contribution in [2.45, 2.75) is 115 Å². The minimum absolute atomic E-state index is 0.0938. The van der Waals surface area contributed by atoms with Crippen LogP contribution in [0.15, 0.2) is 55.0 Å². The summed E-state index contributed by atoms with van der Waals surface area (Å²) in [6, 6.07) is 9.14. The molecule has 5 amide bonds. The van der Waals surface area contributed by atoms with Gasteiger partial charge in [-0.1, -0.05) is 48.5 Å². The van der Waals surface area contributed by atoms with E-state index < -0.39 is 23.9 Å². The van der Waals surface area contributed by atoms with Crippen molar-refractivity contribution in [1.82, 2.24) is 39.7 Å². The zero-order valence-electron chi connectivity index (χ0n) is 39.8. The molecule has 0 radical (unpaired) electrons. The fourth-order valence-corrected chi connectivity index (χ4v) is 10.7. The van der Waals surface area contributed by atoms with Gasteiger partial charge in [0.25, 0.3) is 5.91 Å². The summed E-state index contributed by atoms with van der Waals surface area (Å²) in [5.74, 6) is -0.995. The number of ether oxygens (including phenoxy) is 1. The summed E-state index contributed by atoms with van der Waals surface area (Å²) >= 11 is 12.5. The lowest BCUT2D eigenvalue weighted by Gasteiger charge is -2.34. The quantitative estimate of drug-likeness (QED) is 0.0445. The van der Waals surface area contributed by atoms with Gasteiger partial charge in [0.2, 0.25) is 23.6 Å². The lowest BCUT2D eigenvalue weighted by Crippen LogP contribution is -2.52. The van der Waals surface area contributed by atoms with Crippen molar-refractivity contribution in [3.63, 3.8) is 0 Å². The Bertz CT molecular complexity index is 2540. The van der Waals surface area contributed by atoms with Crippen molar-refractivity contribution >= 4 is 64.2 Å². The number of nitrogens with one attached hydrogen (secondary N) is 2. The number of piperidine rings is 2. The van der Waals surface area contributed by atoms with Crippen molar-refractivity contribution in [1.29, 1.82) is 0 Å². The Balaban J connectivity index is 0.652. The fourth-order valence-electron chi connectivity index (χ4n) is 10.0. The highest BCUT2D eigenvalue weighted by atomic mass is 35.5. The molecule has 8 rings (SSSR count). The summed E-state index contributed by atoms with van der Waals surface area (Å²) in [4.78, 5) is 76.0. The highest BCUT2D eigenvalue weighted by Crippen LogP contribution is 2.38. The number of pyridine rings is 1. The summed E-state index contributed by atoms with van der Waals surface area (Å²) in [6.07, 6.45) is 14.9. The van der Waals surface area contributed by atoms with E-state index in [2.05, 4.69) is 30.5 Å². The van der Waals surface area contributed by atoms with Crippen LogP contribution in [0.2, 0.25) is 10.0 Å². The Kier molecular flexibility index (Phi) is 17.1. The topological polar surface area (TPSA) is 188 Å². The number of anilines is 2. The Hall–Kier alpha value is -5.62. The monoisotopic (exact) mass is 1000 g/mol. The van der Waals surface area contributed by atoms with Gasteiger partial charge in [0, 0.05) is 116 Å². The third-order valence-electron chi connectivity index (χ3n) is 14.1. The molecule has 4 N–H and O–H groups in total. The molecule has 0 aliphatic carbocycles.